The number of aromatic hydroxyl groups is 2. The molecule has 4 unspecified atom stereocenters. The minimum atomic E-state index is -1.50. The molecule has 1 aliphatic heterocycles. The number of fused-ring (bicyclic) bond motifs is 1. The van der Waals surface area contributed by atoms with Crippen LogP contribution in [-0.2, 0) is 15.9 Å². The van der Waals surface area contributed by atoms with E-state index in [2.05, 4.69) is 5.32 Å². The second-order valence-electron chi connectivity index (χ2n) is 10.5. The Morgan fingerprint density at radius 3 is 2.51 bits per heavy atom. The van der Waals surface area contributed by atoms with Crippen LogP contribution in [0.25, 0.3) is 11.0 Å². The predicted octanol–water partition coefficient (Wildman–Crippen LogP) is 3.87. The number of nitrogens with one attached hydrogen (secondary N) is 1. The Kier molecular flexibility index (Phi) is 8.67. The third-order valence-electron chi connectivity index (χ3n) is 6.80. The van der Waals surface area contributed by atoms with Gasteiger partial charge in [0.05, 0.1) is 11.0 Å². The molecule has 12 heteroatoms. The molecule has 1 amide bonds. The van der Waals surface area contributed by atoms with Crippen LogP contribution in [-0.4, -0.2) is 63.6 Å². The lowest BCUT2D eigenvalue weighted by molar-refractivity contribution is -0.305. The van der Waals surface area contributed by atoms with Crippen molar-refractivity contribution < 1.29 is 43.8 Å². The number of halogens is 1. The van der Waals surface area contributed by atoms with Gasteiger partial charge < -0.3 is 44.4 Å². The van der Waals surface area contributed by atoms with E-state index < -0.39 is 53.2 Å². The van der Waals surface area contributed by atoms with E-state index in [0.717, 1.165) is 5.57 Å². The van der Waals surface area contributed by atoms with Crippen molar-refractivity contribution in [2.75, 3.05) is 12.4 Å². The summed E-state index contributed by atoms with van der Waals surface area (Å²) in [4.78, 5) is 25.8. The first kappa shape index (κ1) is 30.4. The lowest BCUT2D eigenvalue weighted by Crippen LogP contribution is -2.63. The zero-order chi connectivity index (χ0) is 30.2. The summed E-state index contributed by atoms with van der Waals surface area (Å²) in [5.41, 5.74) is -1.18. The maximum atomic E-state index is 12.9. The van der Waals surface area contributed by atoms with Crippen molar-refractivity contribution in [2.24, 2.45) is 0 Å². The summed E-state index contributed by atoms with van der Waals surface area (Å²) in [6, 6.07) is 6.93. The van der Waals surface area contributed by atoms with Crippen LogP contribution in [0, 0.1) is 0 Å². The van der Waals surface area contributed by atoms with Crippen molar-refractivity contribution in [2.45, 2.75) is 64.3 Å². The molecule has 4 rings (SSSR count). The molecule has 4 atom stereocenters. The molecule has 41 heavy (non-hydrogen) atoms. The number of aliphatic hydroxyl groups is 2. The highest BCUT2D eigenvalue weighted by Crippen LogP contribution is 2.40. The molecule has 1 saturated heterocycles. The van der Waals surface area contributed by atoms with Crippen LogP contribution in [0.3, 0.4) is 0 Å². The van der Waals surface area contributed by atoms with Gasteiger partial charge in [-0.25, -0.2) is 4.79 Å². The summed E-state index contributed by atoms with van der Waals surface area (Å²) in [7, 11) is 1.38. The topological polar surface area (TPSA) is 168 Å². The highest BCUT2D eigenvalue weighted by Gasteiger charge is 2.50. The molecular weight excluding hydrogens is 558 g/mol. The average molecular weight is 590 g/mol. The Labute approximate surface area is 240 Å². The van der Waals surface area contributed by atoms with E-state index in [1.54, 1.807) is 13.8 Å². The molecule has 2 heterocycles. The van der Waals surface area contributed by atoms with E-state index in [4.69, 9.17) is 30.2 Å². The third kappa shape index (κ3) is 6.04. The van der Waals surface area contributed by atoms with Gasteiger partial charge in [-0.3, -0.25) is 4.79 Å². The van der Waals surface area contributed by atoms with E-state index in [0.29, 0.717) is 12.0 Å². The van der Waals surface area contributed by atoms with Crippen molar-refractivity contribution in [3.05, 3.63) is 68.6 Å². The number of phenolic OH excluding ortho intramolecular Hbond substituents is 1. The van der Waals surface area contributed by atoms with E-state index in [1.165, 1.54) is 37.4 Å². The molecule has 2 aromatic carbocycles. The molecule has 0 aliphatic carbocycles. The van der Waals surface area contributed by atoms with Crippen LogP contribution in [0.2, 0.25) is 5.02 Å². The summed E-state index contributed by atoms with van der Waals surface area (Å²) >= 11 is 6.45. The minimum absolute atomic E-state index is 0.00266. The Hall–Kier alpha value is -3.61. The molecule has 1 aromatic heterocycles. The summed E-state index contributed by atoms with van der Waals surface area (Å²) in [6.45, 7) is 7.13. The Balaban J connectivity index is 1.62. The van der Waals surface area contributed by atoms with Crippen molar-refractivity contribution in [3.8, 4) is 17.2 Å². The molecule has 220 valence electrons. The van der Waals surface area contributed by atoms with Gasteiger partial charge in [0.2, 0.25) is 6.29 Å². The normalized spacial score (nSPS) is 21.9. The van der Waals surface area contributed by atoms with Crippen LogP contribution in [0.15, 0.2) is 51.2 Å². The molecular formula is C29H32ClNO10. The summed E-state index contributed by atoms with van der Waals surface area (Å²) in [5, 5.41) is 44.2. The molecule has 0 saturated carbocycles. The lowest BCUT2D eigenvalue weighted by Gasteiger charge is -2.46. The molecule has 0 bridgehead atoms. The predicted molar refractivity (Wildman–Crippen MR) is 151 cm³/mol. The smallest absolute Gasteiger partial charge is 0.364 e. The monoisotopic (exact) mass is 589 g/mol. The van der Waals surface area contributed by atoms with Gasteiger partial charge >= 0.3 is 5.63 Å². The van der Waals surface area contributed by atoms with Gasteiger partial charge in [0, 0.05) is 12.7 Å². The number of carbonyl (C=O) groups excluding carboxylic acids is 1. The fraction of sp³-hybridized carbons (Fsp3) is 0.379. The second kappa shape index (κ2) is 11.7. The number of anilines is 1. The SMILES string of the molecule is COC1C(O)C(O)C(Oc2ccc3c(O)c(NC(=O)c4ccc(O)c(CC=C(C)C)c4)c(=O)oc3c2Cl)OC1(C)C. The van der Waals surface area contributed by atoms with E-state index >= 15 is 0 Å². The second-order valence-corrected chi connectivity index (χ2v) is 10.9. The fourth-order valence-electron chi connectivity index (χ4n) is 4.62. The first-order valence-electron chi connectivity index (χ1n) is 12.7. The van der Waals surface area contributed by atoms with Gasteiger partial charge in [-0.2, -0.15) is 0 Å². The Morgan fingerprint density at radius 1 is 1.15 bits per heavy atom. The number of aliphatic hydroxyl groups excluding tert-OH is 2. The highest BCUT2D eigenvalue weighted by molar-refractivity contribution is 6.36. The van der Waals surface area contributed by atoms with Crippen LogP contribution in [0.4, 0.5) is 5.69 Å². The molecule has 0 radical (unpaired) electrons. The van der Waals surface area contributed by atoms with Gasteiger partial charge in [-0.1, -0.05) is 23.3 Å². The van der Waals surface area contributed by atoms with Gasteiger partial charge in [0.15, 0.2) is 17.0 Å². The molecule has 3 aromatic rings. The Morgan fingerprint density at radius 2 is 1.85 bits per heavy atom. The van der Waals surface area contributed by atoms with Crippen LogP contribution in [0.1, 0.15) is 43.6 Å². The summed E-state index contributed by atoms with van der Waals surface area (Å²) in [5.74, 6) is -1.35. The maximum Gasteiger partial charge on any atom is 0.364 e. The van der Waals surface area contributed by atoms with E-state index in [-0.39, 0.29) is 33.1 Å². The van der Waals surface area contributed by atoms with Gasteiger partial charge in [0.1, 0.15) is 34.8 Å². The Bertz CT molecular complexity index is 1560. The fourth-order valence-corrected chi connectivity index (χ4v) is 4.87. The molecule has 0 spiro atoms. The van der Waals surface area contributed by atoms with Crippen molar-refractivity contribution >= 4 is 34.2 Å². The lowest BCUT2D eigenvalue weighted by atomic mass is 9.89. The number of hydrogen-bond donors (Lipinski definition) is 5. The third-order valence-corrected chi connectivity index (χ3v) is 7.16. The molecule has 1 aliphatic rings. The number of ether oxygens (including phenoxy) is 3. The standard InChI is InChI=1S/C29H32ClNO10/c1-13(2)6-7-14-12-15(8-10-17(14)32)26(36)31-20-21(33)16-9-11-18(19(30)24(16)40-27(20)37)39-28-23(35)22(34)25(38-5)29(3,4)41-28/h6,8-12,22-23,25,28,32-35H,7H2,1-5H3,(H,31,36). The number of benzene rings is 2. The number of rotatable bonds is 7. The first-order valence-corrected chi connectivity index (χ1v) is 13.1. The quantitative estimate of drug-likeness (QED) is 0.201. The zero-order valence-corrected chi connectivity index (χ0v) is 23.9. The molecule has 11 nitrogen and oxygen atoms in total. The maximum absolute atomic E-state index is 12.9. The number of allylic oxidation sites excluding steroid dienone is 2. The number of hydrogen-bond acceptors (Lipinski definition) is 10. The zero-order valence-electron chi connectivity index (χ0n) is 23.1. The van der Waals surface area contributed by atoms with Crippen LogP contribution < -0.4 is 15.7 Å². The van der Waals surface area contributed by atoms with E-state index in [1.807, 2.05) is 19.9 Å². The number of methoxy groups -OCH3 is 1. The molecule has 1 fully saturated rings. The van der Waals surface area contributed by atoms with Gasteiger partial charge in [-0.05, 0) is 70.0 Å². The van der Waals surface area contributed by atoms with Gasteiger partial charge in [0.25, 0.3) is 5.91 Å². The highest BCUT2D eigenvalue weighted by atomic mass is 35.5. The van der Waals surface area contributed by atoms with Crippen LogP contribution in [0.5, 0.6) is 17.2 Å². The van der Waals surface area contributed by atoms with Crippen molar-refractivity contribution in [1.82, 2.24) is 0 Å². The number of carbonyl (C=O) groups is 1. The van der Waals surface area contributed by atoms with Crippen molar-refractivity contribution in [3.63, 3.8) is 0 Å². The number of amides is 1. The number of phenols is 1. The average Bonchev–Trinajstić information content (AvgIpc) is 2.90. The first-order chi connectivity index (χ1) is 19.2. The summed E-state index contributed by atoms with van der Waals surface area (Å²) < 4.78 is 22.1. The van der Waals surface area contributed by atoms with E-state index in [9.17, 15) is 30.0 Å². The van der Waals surface area contributed by atoms with Crippen LogP contribution >= 0.6 is 11.6 Å². The van der Waals surface area contributed by atoms with Crippen molar-refractivity contribution in [1.29, 1.82) is 0 Å². The minimum Gasteiger partial charge on any atom is -0.508 e. The largest absolute Gasteiger partial charge is 0.508 e. The summed E-state index contributed by atoms with van der Waals surface area (Å²) in [6.07, 6.45) is -2.74. The van der Waals surface area contributed by atoms with Gasteiger partial charge in [-0.15, -0.1) is 0 Å². The molecule has 5 N–H and O–H groups in total.